The molecule has 0 bridgehead atoms. The molecular weight excluding hydrogens is 351 g/mol. The van der Waals surface area contributed by atoms with Crippen molar-refractivity contribution in [2.45, 2.75) is 6.29 Å². The summed E-state index contributed by atoms with van der Waals surface area (Å²) in [7, 11) is 3.91. The van der Waals surface area contributed by atoms with E-state index < -0.39 is 0 Å². The standard InChI is InChI=1S/C11H13ClN4.HI/c1-15-7-8-16(2)11(15)14-13-10-6-4-3-5-9(10)12;/h3-8,11H,1-2H3;1H/b14-13+;. The molecule has 0 N–H and O–H groups in total. The number of hydrogen-bond donors (Lipinski definition) is 0. The predicted octanol–water partition coefficient (Wildman–Crippen LogP) is 3.67. The van der Waals surface area contributed by atoms with Gasteiger partial charge in [-0.1, -0.05) is 23.7 Å². The second kappa shape index (κ2) is 6.20. The molecule has 92 valence electrons. The van der Waals surface area contributed by atoms with E-state index >= 15 is 0 Å². The normalized spacial score (nSPS) is 15.7. The molecule has 0 spiro atoms. The molecule has 0 aliphatic carbocycles. The molecule has 0 atom stereocenters. The molecule has 1 aliphatic rings. The highest BCUT2D eigenvalue weighted by Gasteiger charge is 2.19. The van der Waals surface area contributed by atoms with Crippen molar-refractivity contribution in [1.82, 2.24) is 9.80 Å². The topological polar surface area (TPSA) is 31.2 Å². The van der Waals surface area contributed by atoms with Gasteiger partial charge in [0.15, 0.2) is 0 Å². The fourth-order valence-corrected chi connectivity index (χ4v) is 1.63. The van der Waals surface area contributed by atoms with E-state index in [4.69, 9.17) is 11.6 Å². The molecular formula is C11H14ClIN4. The molecule has 1 aromatic rings. The Labute approximate surface area is 123 Å². The summed E-state index contributed by atoms with van der Waals surface area (Å²) in [5.74, 6) is 0. The van der Waals surface area contributed by atoms with E-state index in [1.165, 1.54) is 0 Å². The summed E-state index contributed by atoms with van der Waals surface area (Å²) >= 11 is 5.99. The van der Waals surface area contributed by atoms with Gasteiger partial charge in [-0.3, -0.25) is 0 Å². The summed E-state index contributed by atoms with van der Waals surface area (Å²) < 4.78 is 0. The smallest absolute Gasteiger partial charge is 0.217 e. The average molecular weight is 365 g/mol. The van der Waals surface area contributed by atoms with Crippen LogP contribution >= 0.6 is 35.6 Å². The Morgan fingerprint density at radius 1 is 1.12 bits per heavy atom. The van der Waals surface area contributed by atoms with Crippen molar-refractivity contribution < 1.29 is 0 Å². The van der Waals surface area contributed by atoms with Gasteiger partial charge in [0.25, 0.3) is 0 Å². The van der Waals surface area contributed by atoms with Gasteiger partial charge in [0.2, 0.25) is 6.29 Å². The molecule has 6 heteroatoms. The van der Waals surface area contributed by atoms with Gasteiger partial charge in [0.05, 0.1) is 5.02 Å². The minimum absolute atomic E-state index is 0. The van der Waals surface area contributed by atoms with Crippen molar-refractivity contribution >= 4 is 41.3 Å². The lowest BCUT2D eigenvalue weighted by molar-refractivity contribution is 0.206. The van der Waals surface area contributed by atoms with Crippen molar-refractivity contribution in [3.8, 4) is 0 Å². The maximum absolute atomic E-state index is 5.99. The molecule has 0 radical (unpaired) electrons. The van der Waals surface area contributed by atoms with E-state index in [-0.39, 0.29) is 30.3 Å². The minimum atomic E-state index is -0.0868. The number of benzene rings is 1. The van der Waals surface area contributed by atoms with Crippen LogP contribution in [-0.4, -0.2) is 30.2 Å². The summed E-state index contributed by atoms with van der Waals surface area (Å²) in [5, 5.41) is 9.02. The Bertz CT molecular complexity index is 423. The molecule has 0 unspecified atom stereocenters. The monoisotopic (exact) mass is 364 g/mol. The second-order valence-electron chi connectivity index (χ2n) is 3.64. The van der Waals surface area contributed by atoms with Gasteiger partial charge in [-0.05, 0) is 12.1 Å². The van der Waals surface area contributed by atoms with Crippen molar-refractivity contribution in [3.63, 3.8) is 0 Å². The fraction of sp³-hybridized carbons (Fsp3) is 0.273. The molecule has 17 heavy (non-hydrogen) atoms. The van der Waals surface area contributed by atoms with Crippen LogP contribution in [0.3, 0.4) is 0 Å². The summed E-state index contributed by atoms with van der Waals surface area (Å²) in [5.41, 5.74) is 0.692. The highest BCUT2D eigenvalue weighted by Crippen LogP contribution is 2.25. The molecule has 2 rings (SSSR count). The van der Waals surface area contributed by atoms with E-state index in [0.717, 1.165) is 0 Å². The van der Waals surface area contributed by atoms with Crippen LogP contribution in [0.4, 0.5) is 5.69 Å². The van der Waals surface area contributed by atoms with E-state index in [9.17, 15) is 0 Å². The van der Waals surface area contributed by atoms with Crippen molar-refractivity contribution in [2.24, 2.45) is 10.2 Å². The van der Waals surface area contributed by atoms with E-state index in [1.54, 1.807) is 6.07 Å². The first-order chi connectivity index (χ1) is 7.68. The zero-order valence-electron chi connectivity index (χ0n) is 9.62. The van der Waals surface area contributed by atoms with Gasteiger partial charge in [0.1, 0.15) is 5.69 Å². The molecule has 0 fully saturated rings. The Kier molecular flexibility index (Phi) is 5.20. The van der Waals surface area contributed by atoms with E-state index in [0.29, 0.717) is 10.7 Å². The Hall–Kier alpha value is -0.820. The Morgan fingerprint density at radius 2 is 1.71 bits per heavy atom. The maximum Gasteiger partial charge on any atom is 0.217 e. The third-order valence-electron chi connectivity index (χ3n) is 2.39. The van der Waals surface area contributed by atoms with Crippen LogP contribution < -0.4 is 0 Å². The quantitative estimate of drug-likeness (QED) is 0.592. The van der Waals surface area contributed by atoms with Crippen LogP contribution in [0.1, 0.15) is 0 Å². The third-order valence-corrected chi connectivity index (χ3v) is 2.71. The number of nitrogens with zero attached hydrogens (tertiary/aromatic N) is 4. The molecule has 1 aromatic carbocycles. The lowest BCUT2D eigenvalue weighted by atomic mass is 10.3. The molecule has 0 saturated carbocycles. The van der Waals surface area contributed by atoms with Gasteiger partial charge in [0, 0.05) is 26.5 Å². The number of hydrogen-bond acceptors (Lipinski definition) is 4. The van der Waals surface area contributed by atoms with Crippen molar-refractivity contribution in [1.29, 1.82) is 0 Å². The highest BCUT2D eigenvalue weighted by atomic mass is 127. The second-order valence-corrected chi connectivity index (χ2v) is 4.05. The van der Waals surface area contributed by atoms with Gasteiger partial charge in [-0.15, -0.1) is 29.1 Å². The molecule has 1 aliphatic heterocycles. The Balaban J connectivity index is 0.00000144. The lowest BCUT2D eigenvalue weighted by Gasteiger charge is -2.21. The van der Waals surface area contributed by atoms with Crippen LogP contribution in [0.15, 0.2) is 46.9 Å². The number of azo groups is 1. The SMILES string of the molecule is CN1C=CN(C)C1/N=N/c1ccccc1Cl.I. The summed E-state index contributed by atoms with van der Waals surface area (Å²) in [6, 6.07) is 7.40. The van der Waals surface area contributed by atoms with Crippen LogP contribution in [0, 0.1) is 0 Å². The van der Waals surface area contributed by atoms with Crippen LogP contribution in [-0.2, 0) is 0 Å². The molecule has 1 heterocycles. The van der Waals surface area contributed by atoms with Crippen molar-refractivity contribution in [2.75, 3.05) is 14.1 Å². The largest absolute Gasteiger partial charge is 0.340 e. The van der Waals surface area contributed by atoms with Gasteiger partial charge in [-0.2, -0.15) is 5.11 Å². The maximum atomic E-state index is 5.99. The average Bonchev–Trinajstić information content (AvgIpc) is 2.58. The zero-order chi connectivity index (χ0) is 11.5. The van der Waals surface area contributed by atoms with E-state index in [1.807, 2.05) is 54.5 Å². The van der Waals surface area contributed by atoms with Crippen LogP contribution in [0.5, 0.6) is 0 Å². The first-order valence-corrected chi connectivity index (χ1v) is 5.34. The number of halogens is 2. The summed E-state index contributed by atoms with van der Waals surface area (Å²) in [4.78, 5) is 3.95. The number of rotatable bonds is 2. The third kappa shape index (κ3) is 3.32. The van der Waals surface area contributed by atoms with Gasteiger partial charge >= 0.3 is 0 Å². The minimum Gasteiger partial charge on any atom is -0.340 e. The molecule has 0 aromatic heterocycles. The van der Waals surface area contributed by atoms with Gasteiger partial charge < -0.3 is 9.80 Å². The first-order valence-electron chi connectivity index (χ1n) is 4.96. The molecule has 0 amide bonds. The summed E-state index contributed by atoms with van der Waals surface area (Å²) in [6.07, 6.45) is 3.82. The Morgan fingerprint density at radius 3 is 2.29 bits per heavy atom. The van der Waals surface area contributed by atoms with E-state index in [2.05, 4.69) is 10.2 Å². The fourth-order valence-electron chi connectivity index (χ4n) is 1.46. The van der Waals surface area contributed by atoms with Gasteiger partial charge in [-0.25, -0.2) is 0 Å². The molecule has 4 nitrogen and oxygen atoms in total. The highest BCUT2D eigenvalue weighted by molar-refractivity contribution is 14.0. The summed E-state index contributed by atoms with van der Waals surface area (Å²) in [6.45, 7) is 0. The van der Waals surface area contributed by atoms with Crippen LogP contribution in [0.2, 0.25) is 5.02 Å². The predicted molar refractivity (Wildman–Crippen MR) is 79.8 cm³/mol. The lowest BCUT2D eigenvalue weighted by Crippen LogP contribution is -2.31. The zero-order valence-corrected chi connectivity index (χ0v) is 12.7. The van der Waals surface area contributed by atoms with Crippen molar-refractivity contribution in [3.05, 3.63) is 41.7 Å². The van der Waals surface area contributed by atoms with Crippen LogP contribution in [0.25, 0.3) is 0 Å². The first kappa shape index (κ1) is 14.2. The molecule has 0 saturated heterocycles.